The van der Waals surface area contributed by atoms with Gasteiger partial charge in [-0.05, 0) is 70.6 Å². The number of hydrogen-bond donors (Lipinski definition) is 3. The van der Waals surface area contributed by atoms with Crippen LogP contribution in [0.3, 0.4) is 0 Å². The first-order chi connectivity index (χ1) is 36.6. The minimum Gasteiger partial charge on any atom is -0.479 e. The molecule has 1 aliphatic rings. The largest absolute Gasteiger partial charge is 0.479 e. The minimum absolute atomic E-state index is 0.0646. The maximum Gasteiger partial charge on any atom is 0.335 e. The summed E-state index contributed by atoms with van der Waals surface area (Å²) in [5, 5.41) is 31.4. The van der Waals surface area contributed by atoms with Crippen LogP contribution in [0.15, 0.2) is 24.3 Å². The Morgan fingerprint density at radius 2 is 0.760 bits per heavy atom. The first-order valence-corrected chi connectivity index (χ1v) is 31.3. The van der Waals surface area contributed by atoms with Crippen LogP contribution < -0.4 is 0 Å². The summed E-state index contributed by atoms with van der Waals surface area (Å²) >= 11 is 0. The first-order valence-electron chi connectivity index (χ1n) is 31.3. The monoisotopic (exact) mass is 1060 g/mol. The molecular weight excluding hydrogens is 949 g/mol. The van der Waals surface area contributed by atoms with Gasteiger partial charge in [-0.2, -0.15) is 0 Å². The van der Waals surface area contributed by atoms with E-state index in [0.717, 1.165) is 77.0 Å². The summed E-state index contributed by atoms with van der Waals surface area (Å²) in [6.45, 7) is 5.98. The number of carbonyl (C=O) groups is 4. The number of aliphatic hydroxyl groups is 2. The molecule has 0 aromatic rings. The van der Waals surface area contributed by atoms with Crippen LogP contribution in [0, 0.1) is 0 Å². The topological polar surface area (TPSA) is 175 Å². The van der Waals surface area contributed by atoms with Crippen molar-refractivity contribution in [2.45, 2.75) is 340 Å². The number of allylic oxidation sites excluding steroid dienone is 4. The average molecular weight is 1060 g/mol. The molecule has 0 saturated carbocycles. The third-order valence-corrected chi connectivity index (χ3v) is 14.5. The van der Waals surface area contributed by atoms with Crippen LogP contribution in [-0.2, 0) is 42.9 Å². The number of carboxylic acids is 1. The molecule has 438 valence electrons. The number of carbonyl (C=O) groups excluding carboxylic acids is 3. The van der Waals surface area contributed by atoms with Crippen molar-refractivity contribution in [1.82, 2.24) is 0 Å². The fourth-order valence-corrected chi connectivity index (χ4v) is 9.65. The van der Waals surface area contributed by atoms with Gasteiger partial charge >= 0.3 is 23.9 Å². The third-order valence-electron chi connectivity index (χ3n) is 14.5. The lowest BCUT2D eigenvalue weighted by molar-refractivity contribution is -0.301. The molecule has 0 spiro atoms. The second kappa shape index (κ2) is 51.9. The quantitative estimate of drug-likeness (QED) is 0.0228. The molecule has 0 aromatic carbocycles. The molecule has 0 aromatic heterocycles. The van der Waals surface area contributed by atoms with Crippen molar-refractivity contribution in [2.75, 3.05) is 13.2 Å². The normalized spacial score (nSPS) is 18.2. The zero-order valence-electron chi connectivity index (χ0n) is 48.3. The van der Waals surface area contributed by atoms with E-state index in [-0.39, 0.29) is 25.9 Å². The van der Waals surface area contributed by atoms with E-state index in [9.17, 15) is 34.5 Å². The molecule has 1 rings (SSSR count). The highest BCUT2D eigenvalue weighted by atomic mass is 16.7. The first kappa shape index (κ1) is 70.2. The second-order valence-electron chi connectivity index (χ2n) is 21.7. The lowest BCUT2D eigenvalue weighted by Gasteiger charge is -2.40. The summed E-state index contributed by atoms with van der Waals surface area (Å²) in [6.07, 6.45) is 47.3. The Balaban J connectivity index is 2.62. The number of esters is 3. The lowest BCUT2D eigenvalue weighted by atomic mass is 9.98. The highest BCUT2D eigenvalue weighted by molar-refractivity contribution is 5.74. The fourth-order valence-electron chi connectivity index (χ4n) is 9.65. The number of rotatable bonds is 54. The van der Waals surface area contributed by atoms with E-state index >= 15 is 0 Å². The summed E-state index contributed by atoms with van der Waals surface area (Å²) < 4.78 is 28.4. The Morgan fingerprint density at radius 1 is 0.427 bits per heavy atom. The molecule has 6 unspecified atom stereocenters. The van der Waals surface area contributed by atoms with Gasteiger partial charge in [-0.3, -0.25) is 14.4 Å². The molecule has 12 heteroatoms. The third kappa shape index (κ3) is 41.9. The Morgan fingerprint density at radius 3 is 1.13 bits per heavy atom. The van der Waals surface area contributed by atoms with Gasteiger partial charge in [0, 0.05) is 19.3 Å². The lowest BCUT2D eigenvalue weighted by Crippen LogP contribution is -2.61. The van der Waals surface area contributed by atoms with Crippen LogP contribution in [0.25, 0.3) is 0 Å². The van der Waals surface area contributed by atoms with Crippen molar-refractivity contribution in [3.8, 4) is 0 Å². The van der Waals surface area contributed by atoms with E-state index in [1.54, 1.807) is 0 Å². The zero-order chi connectivity index (χ0) is 54.7. The van der Waals surface area contributed by atoms with E-state index in [1.807, 2.05) is 0 Å². The van der Waals surface area contributed by atoms with Gasteiger partial charge in [-0.1, -0.05) is 238 Å². The van der Waals surface area contributed by atoms with E-state index in [2.05, 4.69) is 45.1 Å². The number of unbranched alkanes of at least 4 members (excludes halogenated alkanes) is 36. The smallest absolute Gasteiger partial charge is 0.335 e. The molecule has 0 bridgehead atoms. The summed E-state index contributed by atoms with van der Waals surface area (Å²) in [5.41, 5.74) is 0. The zero-order valence-corrected chi connectivity index (χ0v) is 48.3. The molecule has 1 fully saturated rings. The van der Waals surface area contributed by atoms with Gasteiger partial charge in [-0.25, -0.2) is 4.79 Å². The number of aliphatic carboxylic acids is 1. The Bertz CT molecular complexity index is 1400. The molecule has 3 N–H and O–H groups in total. The van der Waals surface area contributed by atoms with Crippen molar-refractivity contribution >= 4 is 23.9 Å². The molecule has 1 heterocycles. The number of aliphatic hydroxyl groups excluding tert-OH is 2. The Kier molecular flexibility index (Phi) is 48.6. The van der Waals surface area contributed by atoms with E-state index in [0.29, 0.717) is 19.3 Å². The number of carboxylic acid groups (broad SMARTS) is 1. The maximum atomic E-state index is 13.2. The molecule has 1 saturated heterocycles. The summed E-state index contributed by atoms with van der Waals surface area (Å²) in [4.78, 5) is 51.1. The Labute approximate surface area is 458 Å². The molecule has 75 heavy (non-hydrogen) atoms. The van der Waals surface area contributed by atoms with Crippen LogP contribution in [-0.4, -0.2) is 89.2 Å². The van der Waals surface area contributed by atoms with Crippen LogP contribution in [0.4, 0.5) is 0 Å². The maximum absolute atomic E-state index is 13.2. The van der Waals surface area contributed by atoms with Crippen LogP contribution in [0.1, 0.15) is 303 Å². The van der Waals surface area contributed by atoms with Gasteiger partial charge in [0.25, 0.3) is 0 Å². The minimum atomic E-state index is -1.90. The van der Waals surface area contributed by atoms with Gasteiger partial charge in [0.05, 0.1) is 6.61 Å². The molecule has 12 nitrogen and oxygen atoms in total. The van der Waals surface area contributed by atoms with E-state index < -0.39 is 67.3 Å². The van der Waals surface area contributed by atoms with Gasteiger partial charge in [0.1, 0.15) is 18.8 Å². The molecule has 0 aliphatic carbocycles. The molecule has 6 atom stereocenters. The molecule has 0 amide bonds. The van der Waals surface area contributed by atoms with E-state index in [1.165, 1.54) is 167 Å². The van der Waals surface area contributed by atoms with Crippen molar-refractivity contribution < 1.29 is 58.2 Å². The van der Waals surface area contributed by atoms with Crippen molar-refractivity contribution in [3.63, 3.8) is 0 Å². The van der Waals surface area contributed by atoms with Gasteiger partial charge in [-0.15, -0.1) is 0 Å². The van der Waals surface area contributed by atoms with E-state index in [4.69, 9.17) is 23.7 Å². The van der Waals surface area contributed by atoms with Gasteiger partial charge < -0.3 is 39.0 Å². The molecule has 0 radical (unpaired) electrons. The van der Waals surface area contributed by atoms with Crippen LogP contribution >= 0.6 is 0 Å². The summed E-state index contributed by atoms with van der Waals surface area (Å²) in [6, 6.07) is 0. The standard InChI is InChI=1S/C63H114O12/c1-4-7-10-13-16-19-21-23-25-27-28-30-31-33-35-38-40-43-46-49-55(64)71-52-54(73-56(65)50-47-44-42-39-36-34-32-29-26-24-22-20-17-14-11-8-5-2)53-72-63-61(59(68)58(67)60(75-63)62(69)70)74-57(66)51-48-45-41-37-18-15-12-9-6-3/h23-26,54,58-61,63,67-68H,4-22,27-53H2,1-3H3,(H,69,70)/b25-23-,26-24-. The number of hydrogen-bond acceptors (Lipinski definition) is 11. The van der Waals surface area contributed by atoms with Crippen molar-refractivity contribution in [2.24, 2.45) is 0 Å². The fraction of sp³-hybridized carbons (Fsp3) is 0.873. The van der Waals surface area contributed by atoms with Gasteiger partial charge in [0.15, 0.2) is 24.6 Å². The van der Waals surface area contributed by atoms with Crippen LogP contribution in [0.5, 0.6) is 0 Å². The van der Waals surface area contributed by atoms with Crippen molar-refractivity contribution in [1.29, 1.82) is 0 Å². The second-order valence-corrected chi connectivity index (χ2v) is 21.7. The highest BCUT2D eigenvalue weighted by Gasteiger charge is 2.50. The highest BCUT2D eigenvalue weighted by Crippen LogP contribution is 2.27. The predicted molar refractivity (Wildman–Crippen MR) is 303 cm³/mol. The molecule has 1 aliphatic heterocycles. The predicted octanol–water partition coefficient (Wildman–Crippen LogP) is 16.2. The summed E-state index contributed by atoms with van der Waals surface area (Å²) in [5.74, 6) is -3.10. The summed E-state index contributed by atoms with van der Waals surface area (Å²) in [7, 11) is 0. The SMILES string of the molecule is CCCCCCCC/C=C\CCCCCCCCCCCC(=O)OCC(COC1OC(C(=O)O)C(O)C(O)C1OC(=O)CCCCCCCCCCC)OC(=O)CCCCCCCCC/C=C\CCCCCCCC. The van der Waals surface area contributed by atoms with Gasteiger partial charge in [0.2, 0.25) is 0 Å². The molecular formula is C63H114O12. The Hall–Kier alpha value is -2.80. The van der Waals surface area contributed by atoms with Crippen LogP contribution in [0.2, 0.25) is 0 Å². The van der Waals surface area contributed by atoms with Crippen molar-refractivity contribution in [3.05, 3.63) is 24.3 Å². The number of ether oxygens (including phenoxy) is 5. The average Bonchev–Trinajstić information content (AvgIpc) is 3.39.